The van der Waals surface area contributed by atoms with Gasteiger partial charge in [-0.3, -0.25) is 0 Å². The van der Waals surface area contributed by atoms with E-state index in [1.807, 2.05) is 26.0 Å². The number of aryl methyl sites for hydroxylation is 1. The normalized spacial score (nSPS) is 14.4. The van der Waals surface area contributed by atoms with Crippen molar-refractivity contribution in [2.75, 3.05) is 12.3 Å². The van der Waals surface area contributed by atoms with Gasteiger partial charge in [-0.15, -0.1) is 0 Å². The Bertz CT molecular complexity index is 515. The first-order valence-electron chi connectivity index (χ1n) is 6.70. The van der Waals surface area contributed by atoms with Crippen LogP contribution in [0, 0.1) is 12.3 Å². The lowest BCUT2D eigenvalue weighted by atomic mass is 9.88. The molecule has 0 aliphatic rings. The summed E-state index contributed by atoms with van der Waals surface area (Å²) in [4.78, 5) is 0.446. The van der Waals surface area contributed by atoms with E-state index in [4.69, 9.17) is 0 Å². The molecule has 1 atom stereocenters. The van der Waals surface area contributed by atoms with Crippen LogP contribution in [0.15, 0.2) is 29.2 Å². The second-order valence-corrected chi connectivity index (χ2v) is 8.03. The van der Waals surface area contributed by atoms with Gasteiger partial charge in [0.15, 0.2) is 9.84 Å². The highest BCUT2D eigenvalue weighted by Crippen LogP contribution is 2.24. The van der Waals surface area contributed by atoms with Crippen LogP contribution >= 0.6 is 0 Å². The summed E-state index contributed by atoms with van der Waals surface area (Å²) in [6.07, 6.45) is 0. The van der Waals surface area contributed by atoms with E-state index in [9.17, 15) is 8.42 Å². The minimum atomic E-state index is -3.26. The molecule has 1 rings (SSSR count). The van der Waals surface area contributed by atoms with Gasteiger partial charge in [0.25, 0.3) is 0 Å². The van der Waals surface area contributed by atoms with Gasteiger partial charge in [0.05, 0.1) is 10.6 Å². The third-order valence-electron chi connectivity index (χ3n) is 3.31. The van der Waals surface area contributed by atoms with Crippen LogP contribution in [0.25, 0.3) is 0 Å². The first-order chi connectivity index (χ1) is 8.68. The number of benzene rings is 1. The van der Waals surface area contributed by atoms with Gasteiger partial charge in [-0.2, -0.15) is 0 Å². The molecule has 1 aromatic rings. The standard InChI is InChI=1S/C15H25NO2S/c1-6-16-14(15(3,4)5)11-19(17,18)13-10-8-7-9-12(13)2/h7-10,14,16H,6,11H2,1-5H3. The van der Waals surface area contributed by atoms with E-state index in [-0.39, 0.29) is 17.2 Å². The van der Waals surface area contributed by atoms with Crippen molar-refractivity contribution in [2.45, 2.75) is 45.6 Å². The lowest BCUT2D eigenvalue weighted by Gasteiger charge is -2.31. The van der Waals surface area contributed by atoms with E-state index < -0.39 is 9.84 Å². The van der Waals surface area contributed by atoms with E-state index in [0.717, 1.165) is 12.1 Å². The highest BCUT2D eigenvalue weighted by Gasteiger charge is 2.30. The maximum Gasteiger partial charge on any atom is 0.180 e. The Morgan fingerprint density at radius 3 is 2.26 bits per heavy atom. The van der Waals surface area contributed by atoms with Crippen molar-refractivity contribution >= 4 is 9.84 Å². The molecule has 0 fully saturated rings. The molecule has 0 amide bonds. The fourth-order valence-corrected chi connectivity index (χ4v) is 4.16. The predicted octanol–water partition coefficient (Wildman–Crippen LogP) is 2.79. The average Bonchev–Trinajstić information content (AvgIpc) is 2.27. The molecule has 0 aliphatic heterocycles. The van der Waals surface area contributed by atoms with Crippen LogP contribution in [0.5, 0.6) is 0 Å². The van der Waals surface area contributed by atoms with Crippen molar-refractivity contribution < 1.29 is 8.42 Å². The molecule has 1 N–H and O–H groups in total. The third kappa shape index (κ3) is 4.32. The predicted molar refractivity (Wildman–Crippen MR) is 80.2 cm³/mol. The second-order valence-electron chi connectivity index (χ2n) is 6.02. The Morgan fingerprint density at radius 1 is 1.21 bits per heavy atom. The summed E-state index contributed by atoms with van der Waals surface area (Å²) in [5, 5.41) is 3.29. The molecule has 108 valence electrons. The summed E-state index contributed by atoms with van der Waals surface area (Å²) in [6.45, 7) is 10.8. The van der Waals surface area contributed by atoms with Crippen LogP contribution in [0.4, 0.5) is 0 Å². The van der Waals surface area contributed by atoms with Gasteiger partial charge >= 0.3 is 0 Å². The van der Waals surface area contributed by atoms with Crippen LogP contribution in [0.1, 0.15) is 33.3 Å². The van der Waals surface area contributed by atoms with E-state index in [1.165, 1.54) is 0 Å². The fraction of sp³-hybridized carbons (Fsp3) is 0.600. The topological polar surface area (TPSA) is 46.2 Å². The van der Waals surface area contributed by atoms with Crippen molar-refractivity contribution in [1.82, 2.24) is 5.32 Å². The maximum atomic E-state index is 12.5. The summed E-state index contributed by atoms with van der Waals surface area (Å²) in [7, 11) is -3.26. The summed E-state index contributed by atoms with van der Waals surface area (Å²) in [5.41, 5.74) is 0.720. The van der Waals surface area contributed by atoms with Crippen LogP contribution in [0.3, 0.4) is 0 Å². The first kappa shape index (κ1) is 16.2. The third-order valence-corrected chi connectivity index (χ3v) is 5.21. The van der Waals surface area contributed by atoms with Crippen LogP contribution in [-0.4, -0.2) is 26.8 Å². The average molecular weight is 283 g/mol. The molecule has 0 radical (unpaired) electrons. The van der Waals surface area contributed by atoms with Crippen molar-refractivity contribution in [3.8, 4) is 0 Å². The molecule has 0 spiro atoms. The van der Waals surface area contributed by atoms with Crippen LogP contribution < -0.4 is 5.32 Å². The first-order valence-corrected chi connectivity index (χ1v) is 8.35. The molecule has 19 heavy (non-hydrogen) atoms. The summed E-state index contributed by atoms with van der Waals surface area (Å²) in [5.74, 6) is 0.134. The van der Waals surface area contributed by atoms with E-state index in [2.05, 4.69) is 26.1 Å². The van der Waals surface area contributed by atoms with Gasteiger partial charge in [-0.25, -0.2) is 8.42 Å². The van der Waals surface area contributed by atoms with Gasteiger partial charge < -0.3 is 5.32 Å². The zero-order chi connectivity index (χ0) is 14.7. The molecular formula is C15H25NO2S. The number of rotatable bonds is 5. The molecule has 0 saturated heterocycles. The van der Waals surface area contributed by atoms with Gasteiger partial charge in [-0.1, -0.05) is 45.9 Å². The van der Waals surface area contributed by atoms with Gasteiger partial charge in [0.2, 0.25) is 0 Å². The molecule has 0 heterocycles. The largest absolute Gasteiger partial charge is 0.313 e. The van der Waals surface area contributed by atoms with Crippen LogP contribution in [-0.2, 0) is 9.84 Å². The monoisotopic (exact) mass is 283 g/mol. The zero-order valence-corrected chi connectivity index (χ0v) is 13.3. The lowest BCUT2D eigenvalue weighted by molar-refractivity contribution is 0.292. The molecule has 1 aromatic carbocycles. The number of nitrogens with one attached hydrogen (secondary N) is 1. The Morgan fingerprint density at radius 2 is 1.79 bits per heavy atom. The smallest absolute Gasteiger partial charge is 0.180 e. The van der Waals surface area contributed by atoms with Crippen molar-refractivity contribution in [1.29, 1.82) is 0 Å². The molecule has 0 aliphatic carbocycles. The molecular weight excluding hydrogens is 258 g/mol. The highest BCUT2D eigenvalue weighted by atomic mass is 32.2. The molecule has 1 unspecified atom stereocenters. The highest BCUT2D eigenvalue weighted by molar-refractivity contribution is 7.91. The summed E-state index contributed by atoms with van der Waals surface area (Å²) in [6, 6.07) is 7.11. The SMILES string of the molecule is CCNC(CS(=O)(=O)c1ccccc1C)C(C)(C)C. The van der Waals surface area contributed by atoms with E-state index in [0.29, 0.717) is 4.90 Å². The van der Waals surface area contributed by atoms with E-state index >= 15 is 0 Å². The van der Waals surface area contributed by atoms with Gasteiger partial charge in [-0.05, 0) is 30.5 Å². The Hall–Kier alpha value is -0.870. The summed E-state index contributed by atoms with van der Waals surface area (Å²) >= 11 is 0. The van der Waals surface area contributed by atoms with Crippen molar-refractivity contribution in [2.24, 2.45) is 5.41 Å². The number of hydrogen-bond donors (Lipinski definition) is 1. The Balaban J connectivity index is 3.05. The minimum Gasteiger partial charge on any atom is -0.313 e. The number of hydrogen-bond acceptors (Lipinski definition) is 3. The van der Waals surface area contributed by atoms with E-state index in [1.54, 1.807) is 12.1 Å². The summed E-state index contributed by atoms with van der Waals surface area (Å²) < 4.78 is 25.1. The Kier molecular flexibility index (Phi) is 5.16. The molecule has 3 nitrogen and oxygen atoms in total. The quantitative estimate of drug-likeness (QED) is 0.904. The number of sulfone groups is 1. The lowest BCUT2D eigenvalue weighted by Crippen LogP contribution is -2.45. The molecule has 0 aromatic heterocycles. The zero-order valence-electron chi connectivity index (χ0n) is 12.5. The van der Waals surface area contributed by atoms with Crippen molar-refractivity contribution in [3.05, 3.63) is 29.8 Å². The maximum absolute atomic E-state index is 12.5. The minimum absolute atomic E-state index is 0.0536. The van der Waals surface area contributed by atoms with Crippen LogP contribution in [0.2, 0.25) is 0 Å². The van der Waals surface area contributed by atoms with Gasteiger partial charge in [0, 0.05) is 6.04 Å². The Labute approximate surface area is 117 Å². The van der Waals surface area contributed by atoms with Crippen molar-refractivity contribution in [3.63, 3.8) is 0 Å². The fourth-order valence-electron chi connectivity index (χ4n) is 2.08. The molecule has 0 saturated carbocycles. The molecule has 4 heteroatoms. The molecule has 0 bridgehead atoms. The van der Waals surface area contributed by atoms with Gasteiger partial charge in [0.1, 0.15) is 0 Å². The second kappa shape index (κ2) is 6.06.